The van der Waals surface area contributed by atoms with Gasteiger partial charge in [0.05, 0.1) is 12.0 Å². The fourth-order valence-corrected chi connectivity index (χ4v) is 3.24. The predicted octanol–water partition coefficient (Wildman–Crippen LogP) is 3.43. The average molecular weight is 298 g/mol. The summed E-state index contributed by atoms with van der Waals surface area (Å²) in [5.74, 6) is -0.840. The van der Waals surface area contributed by atoms with E-state index in [0.717, 1.165) is 57.8 Å². The van der Waals surface area contributed by atoms with Gasteiger partial charge in [-0.15, -0.1) is 0 Å². The zero-order chi connectivity index (χ0) is 15.7. The maximum absolute atomic E-state index is 12.2. The Morgan fingerprint density at radius 3 is 2.33 bits per heavy atom. The second kappa shape index (κ2) is 8.90. The van der Waals surface area contributed by atoms with E-state index in [2.05, 4.69) is 24.5 Å². The molecule has 1 aliphatic rings. The molecular formula is C16H30N2O3. The van der Waals surface area contributed by atoms with Crippen molar-refractivity contribution >= 4 is 12.0 Å². The predicted molar refractivity (Wildman–Crippen MR) is 83.3 cm³/mol. The van der Waals surface area contributed by atoms with Gasteiger partial charge in [-0.2, -0.15) is 0 Å². The SMILES string of the molecule is CCCCC(CCC)NC(=O)NC1(CC(=O)O)CCCC1. The number of hydrogen-bond acceptors (Lipinski definition) is 2. The molecule has 0 aromatic rings. The number of rotatable bonds is 9. The lowest BCUT2D eigenvalue weighted by Gasteiger charge is -2.30. The number of carbonyl (C=O) groups is 2. The van der Waals surface area contributed by atoms with Crippen LogP contribution >= 0.6 is 0 Å². The molecule has 1 unspecified atom stereocenters. The van der Waals surface area contributed by atoms with Crippen molar-refractivity contribution in [2.45, 2.75) is 89.6 Å². The topological polar surface area (TPSA) is 78.4 Å². The largest absolute Gasteiger partial charge is 0.481 e. The van der Waals surface area contributed by atoms with Crippen molar-refractivity contribution in [1.82, 2.24) is 10.6 Å². The first kappa shape index (κ1) is 17.8. The third kappa shape index (κ3) is 6.36. The maximum atomic E-state index is 12.2. The van der Waals surface area contributed by atoms with Gasteiger partial charge >= 0.3 is 12.0 Å². The van der Waals surface area contributed by atoms with Crippen molar-refractivity contribution in [3.8, 4) is 0 Å². The third-order valence-electron chi connectivity index (χ3n) is 4.31. The van der Waals surface area contributed by atoms with Gasteiger partial charge in [0.25, 0.3) is 0 Å². The molecule has 0 heterocycles. The molecule has 3 N–H and O–H groups in total. The second-order valence-corrected chi connectivity index (χ2v) is 6.28. The molecule has 1 aliphatic carbocycles. The fourth-order valence-electron chi connectivity index (χ4n) is 3.24. The number of unbranched alkanes of at least 4 members (excludes halogenated alkanes) is 1. The molecule has 0 aromatic carbocycles. The lowest BCUT2D eigenvalue weighted by atomic mass is 9.93. The molecule has 1 fully saturated rings. The van der Waals surface area contributed by atoms with Gasteiger partial charge in [-0.05, 0) is 25.7 Å². The molecule has 0 bridgehead atoms. The number of aliphatic carboxylic acids is 1. The summed E-state index contributed by atoms with van der Waals surface area (Å²) in [5.41, 5.74) is -0.544. The lowest BCUT2D eigenvalue weighted by molar-refractivity contribution is -0.138. The number of amides is 2. The van der Waals surface area contributed by atoms with E-state index in [0.29, 0.717) is 0 Å². The Balaban J connectivity index is 2.53. The quantitative estimate of drug-likeness (QED) is 0.610. The van der Waals surface area contributed by atoms with Crippen LogP contribution in [0.15, 0.2) is 0 Å². The third-order valence-corrected chi connectivity index (χ3v) is 4.31. The van der Waals surface area contributed by atoms with Crippen molar-refractivity contribution in [1.29, 1.82) is 0 Å². The molecule has 5 nitrogen and oxygen atoms in total. The molecule has 0 radical (unpaired) electrons. The van der Waals surface area contributed by atoms with Crippen LogP contribution in [0.25, 0.3) is 0 Å². The molecule has 21 heavy (non-hydrogen) atoms. The molecule has 1 rings (SSSR count). The van der Waals surface area contributed by atoms with Crippen LogP contribution in [0.1, 0.15) is 78.1 Å². The average Bonchev–Trinajstić information content (AvgIpc) is 2.83. The van der Waals surface area contributed by atoms with Gasteiger partial charge in [-0.3, -0.25) is 4.79 Å². The Labute approximate surface area is 127 Å². The Bertz CT molecular complexity index is 338. The highest BCUT2D eigenvalue weighted by atomic mass is 16.4. The van der Waals surface area contributed by atoms with Gasteiger partial charge in [-0.1, -0.05) is 46.0 Å². The summed E-state index contributed by atoms with van der Waals surface area (Å²) in [6.45, 7) is 4.25. The van der Waals surface area contributed by atoms with Crippen molar-refractivity contribution in [3.63, 3.8) is 0 Å². The summed E-state index contributed by atoms with van der Waals surface area (Å²) in [7, 11) is 0. The molecule has 0 saturated heterocycles. The maximum Gasteiger partial charge on any atom is 0.315 e. The monoisotopic (exact) mass is 298 g/mol. The summed E-state index contributed by atoms with van der Waals surface area (Å²) in [6.07, 6.45) is 8.74. The van der Waals surface area contributed by atoms with E-state index in [9.17, 15) is 9.59 Å². The van der Waals surface area contributed by atoms with Gasteiger partial charge in [0, 0.05) is 6.04 Å². The van der Waals surface area contributed by atoms with Crippen LogP contribution in [-0.2, 0) is 4.79 Å². The van der Waals surface area contributed by atoms with E-state index in [-0.39, 0.29) is 18.5 Å². The Kier molecular flexibility index (Phi) is 7.54. The van der Waals surface area contributed by atoms with Crippen molar-refractivity contribution in [2.24, 2.45) is 0 Å². The lowest BCUT2D eigenvalue weighted by Crippen LogP contribution is -2.53. The van der Waals surface area contributed by atoms with Gasteiger partial charge in [-0.25, -0.2) is 4.79 Å². The van der Waals surface area contributed by atoms with Crippen LogP contribution in [0.3, 0.4) is 0 Å². The Morgan fingerprint density at radius 1 is 1.14 bits per heavy atom. The summed E-state index contributed by atoms with van der Waals surface area (Å²) in [4.78, 5) is 23.3. The number of hydrogen-bond donors (Lipinski definition) is 3. The van der Waals surface area contributed by atoms with Crippen LogP contribution < -0.4 is 10.6 Å². The van der Waals surface area contributed by atoms with Crippen molar-refractivity contribution < 1.29 is 14.7 Å². The molecule has 0 aromatic heterocycles. The number of carbonyl (C=O) groups excluding carboxylic acids is 1. The first-order chi connectivity index (χ1) is 10.0. The molecule has 5 heteroatoms. The fraction of sp³-hybridized carbons (Fsp3) is 0.875. The van der Waals surface area contributed by atoms with E-state index in [1.165, 1.54) is 0 Å². The van der Waals surface area contributed by atoms with Crippen LogP contribution in [-0.4, -0.2) is 28.7 Å². The summed E-state index contributed by atoms with van der Waals surface area (Å²) < 4.78 is 0. The highest BCUT2D eigenvalue weighted by Crippen LogP contribution is 2.32. The van der Waals surface area contributed by atoms with E-state index >= 15 is 0 Å². The van der Waals surface area contributed by atoms with Crippen molar-refractivity contribution in [2.75, 3.05) is 0 Å². The van der Waals surface area contributed by atoms with Crippen LogP contribution in [0.2, 0.25) is 0 Å². The van der Waals surface area contributed by atoms with E-state index < -0.39 is 11.5 Å². The van der Waals surface area contributed by atoms with E-state index in [1.54, 1.807) is 0 Å². The molecule has 0 spiro atoms. The molecule has 2 amide bonds. The minimum Gasteiger partial charge on any atom is -0.481 e. The van der Waals surface area contributed by atoms with Gasteiger partial charge in [0.15, 0.2) is 0 Å². The van der Waals surface area contributed by atoms with Crippen LogP contribution in [0.5, 0.6) is 0 Å². The smallest absolute Gasteiger partial charge is 0.315 e. The second-order valence-electron chi connectivity index (χ2n) is 6.28. The van der Waals surface area contributed by atoms with Crippen molar-refractivity contribution in [3.05, 3.63) is 0 Å². The summed E-state index contributed by atoms with van der Waals surface area (Å²) >= 11 is 0. The van der Waals surface area contributed by atoms with Crippen LogP contribution in [0, 0.1) is 0 Å². The summed E-state index contributed by atoms with van der Waals surface area (Å²) in [5, 5.41) is 15.1. The summed E-state index contributed by atoms with van der Waals surface area (Å²) in [6, 6.07) is -0.00839. The zero-order valence-electron chi connectivity index (χ0n) is 13.4. The van der Waals surface area contributed by atoms with Crippen LogP contribution in [0.4, 0.5) is 4.79 Å². The highest BCUT2D eigenvalue weighted by Gasteiger charge is 2.37. The molecule has 122 valence electrons. The van der Waals surface area contributed by atoms with E-state index in [1.807, 2.05) is 0 Å². The molecule has 1 saturated carbocycles. The number of carboxylic acids is 1. The van der Waals surface area contributed by atoms with Gasteiger partial charge in [0.2, 0.25) is 0 Å². The minimum atomic E-state index is -0.840. The normalized spacial score (nSPS) is 18.2. The van der Waals surface area contributed by atoms with Gasteiger partial charge in [0.1, 0.15) is 0 Å². The highest BCUT2D eigenvalue weighted by molar-refractivity contribution is 5.77. The van der Waals surface area contributed by atoms with E-state index in [4.69, 9.17) is 5.11 Å². The Morgan fingerprint density at radius 2 is 1.81 bits per heavy atom. The first-order valence-corrected chi connectivity index (χ1v) is 8.32. The first-order valence-electron chi connectivity index (χ1n) is 8.32. The minimum absolute atomic E-state index is 0.0217. The molecule has 1 atom stereocenters. The number of nitrogens with one attached hydrogen (secondary N) is 2. The molecule has 0 aliphatic heterocycles. The Hall–Kier alpha value is -1.26. The molecular weight excluding hydrogens is 268 g/mol. The number of carboxylic acid groups (broad SMARTS) is 1. The zero-order valence-corrected chi connectivity index (χ0v) is 13.4. The number of urea groups is 1. The standard InChI is InChI=1S/C16H30N2O3/c1-3-5-9-13(8-4-2)17-15(21)18-16(12-14(19)20)10-6-7-11-16/h13H,3-12H2,1-2H3,(H,19,20)(H2,17,18,21). The van der Waals surface area contributed by atoms with Gasteiger partial charge < -0.3 is 15.7 Å².